The van der Waals surface area contributed by atoms with Crippen LogP contribution in [0.1, 0.15) is 6.92 Å². The highest BCUT2D eigenvalue weighted by molar-refractivity contribution is 5.20. The second kappa shape index (κ2) is 3.09. The fraction of sp³-hybridized carbons (Fsp3) is 0.400. The van der Waals surface area contributed by atoms with Gasteiger partial charge >= 0.3 is 0 Å². The number of hydrogen-bond acceptors (Lipinski definition) is 3. The van der Waals surface area contributed by atoms with Gasteiger partial charge in [0, 0.05) is 18.9 Å². The van der Waals surface area contributed by atoms with Crippen LogP contribution in [0.15, 0.2) is 12.4 Å². The molecule has 50 valence electrons. The van der Waals surface area contributed by atoms with Gasteiger partial charge in [0.1, 0.15) is 0 Å². The summed E-state index contributed by atoms with van der Waals surface area (Å²) < 4.78 is 0. The van der Waals surface area contributed by atoms with Gasteiger partial charge in [-0.15, -0.1) is 0 Å². The molecular formula is C5H10N4. The van der Waals surface area contributed by atoms with Crippen LogP contribution in [-0.2, 0) is 0 Å². The number of nitrogens with one attached hydrogen (secondary N) is 3. The fourth-order valence-electron chi connectivity index (χ4n) is 0.506. The normalized spacial score (nSPS) is 9.44. The molecule has 0 aliphatic heterocycles. The molecule has 4 nitrogen and oxygen atoms in total. The van der Waals surface area contributed by atoms with E-state index in [0.717, 1.165) is 12.5 Å². The highest BCUT2D eigenvalue weighted by Crippen LogP contribution is 1.89. The summed E-state index contributed by atoms with van der Waals surface area (Å²) in [6.07, 6.45) is 3.46. The van der Waals surface area contributed by atoms with Crippen molar-refractivity contribution in [1.29, 1.82) is 0 Å². The molecule has 0 aromatic carbocycles. The zero-order valence-corrected chi connectivity index (χ0v) is 5.31. The van der Waals surface area contributed by atoms with Gasteiger partial charge in [0.2, 0.25) is 5.95 Å². The van der Waals surface area contributed by atoms with Gasteiger partial charge in [-0.2, -0.15) is 0 Å². The Morgan fingerprint density at radius 2 is 2.67 bits per heavy atom. The number of imidazole rings is 1. The average Bonchev–Trinajstić information content (AvgIpc) is 2.34. The lowest BCUT2D eigenvalue weighted by molar-refractivity contribution is 0.830. The minimum Gasteiger partial charge on any atom is -0.330 e. The van der Waals surface area contributed by atoms with Gasteiger partial charge < -0.3 is 4.98 Å². The van der Waals surface area contributed by atoms with Crippen LogP contribution in [0.25, 0.3) is 0 Å². The van der Waals surface area contributed by atoms with E-state index in [-0.39, 0.29) is 0 Å². The molecule has 1 aromatic heterocycles. The zero-order valence-electron chi connectivity index (χ0n) is 5.31. The first kappa shape index (κ1) is 6.10. The number of nitrogens with zero attached hydrogens (tertiary/aromatic N) is 1. The maximum atomic E-state index is 3.92. The molecule has 0 unspecified atom stereocenters. The first-order valence-electron chi connectivity index (χ1n) is 2.91. The van der Waals surface area contributed by atoms with E-state index in [9.17, 15) is 0 Å². The van der Waals surface area contributed by atoms with Gasteiger partial charge in [-0.1, -0.05) is 6.92 Å². The third-order valence-electron chi connectivity index (χ3n) is 0.882. The van der Waals surface area contributed by atoms with Crippen molar-refractivity contribution >= 4 is 5.95 Å². The molecule has 9 heavy (non-hydrogen) atoms. The monoisotopic (exact) mass is 126 g/mol. The van der Waals surface area contributed by atoms with Crippen molar-refractivity contribution in [3.05, 3.63) is 12.4 Å². The molecular weight excluding hydrogens is 116 g/mol. The summed E-state index contributed by atoms with van der Waals surface area (Å²) in [5, 5.41) is 0. The summed E-state index contributed by atoms with van der Waals surface area (Å²) >= 11 is 0. The fourth-order valence-corrected chi connectivity index (χ4v) is 0.506. The van der Waals surface area contributed by atoms with E-state index in [1.54, 1.807) is 12.4 Å². The Balaban J connectivity index is 2.30. The summed E-state index contributed by atoms with van der Waals surface area (Å²) in [4.78, 5) is 6.81. The molecule has 0 fully saturated rings. The second-order valence-corrected chi connectivity index (χ2v) is 1.59. The van der Waals surface area contributed by atoms with Crippen molar-refractivity contribution in [2.45, 2.75) is 6.92 Å². The Hall–Kier alpha value is -1.03. The summed E-state index contributed by atoms with van der Waals surface area (Å²) in [6.45, 7) is 2.89. The average molecular weight is 126 g/mol. The van der Waals surface area contributed by atoms with Gasteiger partial charge in [0.25, 0.3) is 0 Å². The molecule has 1 aromatic rings. The van der Waals surface area contributed by atoms with Crippen LogP contribution < -0.4 is 10.9 Å². The van der Waals surface area contributed by atoms with Crippen LogP contribution in [0, 0.1) is 0 Å². The number of aromatic amines is 1. The molecule has 0 spiro atoms. The Bertz CT molecular complexity index is 146. The first-order chi connectivity index (χ1) is 4.43. The predicted octanol–water partition coefficient (Wildman–Crippen LogP) is 0.346. The third kappa shape index (κ3) is 1.73. The standard InChI is InChI=1S/C5H10N4/c1-2-8-9-5-6-3-4-7-5/h3-4,8H,2H2,1H3,(H2,6,7,9). The van der Waals surface area contributed by atoms with Crippen LogP contribution in [0.4, 0.5) is 5.95 Å². The largest absolute Gasteiger partial charge is 0.330 e. The molecule has 0 radical (unpaired) electrons. The molecule has 0 aliphatic carbocycles. The summed E-state index contributed by atoms with van der Waals surface area (Å²) in [5.74, 6) is 0.747. The Morgan fingerprint density at radius 3 is 3.22 bits per heavy atom. The van der Waals surface area contributed by atoms with Crippen LogP contribution >= 0.6 is 0 Å². The van der Waals surface area contributed by atoms with E-state index in [1.807, 2.05) is 6.92 Å². The Kier molecular flexibility index (Phi) is 2.09. The minimum absolute atomic E-state index is 0.747. The third-order valence-corrected chi connectivity index (χ3v) is 0.882. The van der Waals surface area contributed by atoms with Gasteiger partial charge in [0.15, 0.2) is 0 Å². The number of hydrazine groups is 1. The second-order valence-electron chi connectivity index (χ2n) is 1.59. The minimum atomic E-state index is 0.747. The molecule has 3 N–H and O–H groups in total. The summed E-state index contributed by atoms with van der Waals surface area (Å²) in [7, 11) is 0. The van der Waals surface area contributed by atoms with Gasteiger partial charge in [-0.25, -0.2) is 10.4 Å². The van der Waals surface area contributed by atoms with Crippen LogP contribution in [0.2, 0.25) is 0 Å². The van der Waals surface area contributed by atoms with Crippen LogP contribution in [0.5, 0.6) is 0 Å². The highest BCUT2D eigenvalue weighted by Gasteiger charge is 1.86. The van der Waals surface area contributed by atoms with Crippen LogP contribution in [0.3, 0.4) is 0 Å². The number of rotatable bonds is 3. The molecule has 1 rings (SSSR count). The van der Waals surface area contributed by atoms with Crippen LogP contribution in [-0.4, -0.2) is 16.5 Å². The maximum absolute atomic E-state index is 3.92. The Labute approximate surface area is 53.7 Å². The van der Waals surface area contributed by atoms with E-state index in [4.69, 9.17) is 0 Å². The topological polar surface area (TPSA) is 52.7 Å². The lowest BCUT2D eigenvalue weighted by atomic mass is 10.8. The van der Waals surface area contributed by atoms with E-state index in [0.29, 0.717) is 0 Å². The first-order valence-corrected chi connectivity index (χ1v) is 2.91. The van der Waals surface area contributed by atoms with Crippen molar-refractivity contribution in [3.8, 4) is 0 Å². The molecule has 0 bridgehead atoms. The summed E-state index contributed by atoms with van der Waals surface area (Å²) in [5.41, 5.74) is 5.76. The van der Waals surface area contributed by atoms with Crippen molar-refractivity contribution in [1.82, 2.24) is 15.4 Å². The van der Waals surface area contributed by atoms with E-state index in [1.165, 1.54) is 0 Å². The highest BCUT2D eigenvalue weighted by atomic mass is 15.4. The molecule has 1 heterocycles. The lowest BCUT2D eigenvalue weighted by Crippen LogP contribution is -2.21. The zero-order chi connectivity index (χ0) is 6.53. The van der Waals surface area contributed by atoms with Crippen molar-refractivity contribution < 1.29 is 0 Å². The molecule has 0 atom stereocenters. The predicted molar refractivity (Wildman–Crippen MR) is 35.9 cm³/mol. The number of hydrogen-bond donors (Lipinski definition) is 3. The lowest BCUT2D eigenvalue weighted by Gasteiger charge is -1.99. The number of aromatic nitrogens is 2. The van der Waals surface area contributed by atoms with Gasteiger partial charge in [-0.05, 0) is 0 Å². The summed E-state index contributed by atoms with van der Waals surface area (Å²) in [6, 6.07) is 0. The number of H-pyrrole nitrogens is 1. The van der Waals surface area contributed by atoms with Gasteiger partial charge in [-0.3, -0.25) is 5.43 Å². The molecule has 4 heteroatoms. The van der Waals surface area contributed by atoms with E-state index in [2.05, 4.69) is 20.8 Å². The molecule has 0 saturated heterocycles. The number of anilines is 1. The van der Waals surface area contributed by atoms with E-state index >= 15 is 0 Å². The molecule has 0 amide bonds. The van der Waals surface area contributed by atoms with Crippen molar-refractivity contribution in [2.75, 3.05) is 12.0 Å². The van der Waals surface area contributed by atoms with E-state index < -0.39 is 0 Å². The van der Waals surface area contributed by atoms with Crippen molar-refractivity contribution in [2.24, 2.45) is 0 Å². The SMILES string of the molecule is CCNNc1ncc[nH]1. The maximum Gasteiger partial charge on any atom is 0.214 e. The van der Waals surface area contributed by atoms with Crippen molar-refractivity contribution in [3.63, 3.8) is 0 Å². The van der Waals surface area contributed by atoms with Gasteiger partial charge in [0.05, 0.1) is 0 Å². The molecule has 0 aliphatic rings. The smallest absolute Gasteiger partial charge is 0.214 e. The molecule has 0 saturated carbocycles. The quantitative estimate of drug-likeness (QED) is 0.512. The Morgan fingerprint density at radius 1 is 1.78 bits per heavy atom.